The first-order valence-electron chi connectivity index (χ1n) is 11.1. The summed E-state index contributed by atoms with van der Waals surface area (Å²) in [5.74, 6) is -2.48. The summed E-state index contributed by atoms with van der Waals surface area (Å²) in [6, 6.07) is 7.81. The normalized spacial score (nSPS) is 17.3. The van der Waals surface area contributed by atoms with Crippen LogP contribution in [-0.4, -0.2) is 34.4 Å². The number of aryl methyl sites for hydroxylation is 1. The van der Waals surface area contributed by atoms with Crippen LogP contribution in [0, 0.1) is 25.1 Å². The molecule has 1 aliphatic rings. The maximum absolute atomic E-state index is 14.6. The van der Waals surface area contributed by atoms with Gasteiger partial charge in [-0.1, -0.05) is 0 Å². The lowest BCUT2D eigenvalue weighted by Gasteiger charge is -2.20. The van der Waals surface area contributed by atoms with Gasteiger partial charge in [-0.25, -0.2) is 23.0 Å². The van der Waals surface area contributed by atoms with E-state index in [1.807, 2.05) is 6.92 Å². The number of rotatable bonds is 4. The number of fused-ring (bicyclic) bond motifs is 1. The van der Waals surface area contributed by atoms with Gasteiger partial charge >= 0.3 is 0 Å². The van der Waals surface area contributed by atoms with Crippen LogP contribution < -0.4 is 15.6 Å². The van der Waals surface area contributed by atoms with Crippen LogP contribution in [0.25, 0.3) is 32.6 Å². The number of ether oxygens (including phenoxy) is 1. The van der Waals surface area contributed by atoms with Crippen molar-refractivity contribution >= 4 is 16.6 Å². The first-order chi connectivity index (χ1) is 17.3. The molecule has 10 heteroatoms. The predicted octanol–water partition coefficient (Wildman–Crippen LogP) is 4.97. The summed E-state index contributed by atoms with van der Waals surface area (Å²) in [5, 5.41) is 3.09. The summed E-state index contributed by atoms with van der Waals surface area (Å²) in [7, 11) is 1.13. The second-order valence-corrected chi connectivity index (χ2v) is 8.53. The highest BCUT2D eigenvalue weighted by molar-refractivity contribution is 5.96. The van der Waals surface area contributed by atoms with Crippen molar-refractivity contribution in [1.82, 2.24) is 19.9 Å². The van der Waals surface area contributed by atoms with E-state index in [4.69, 9.17) is 16.3 Å². The fraction of sp³-hybridized carbons (Fsp3) is 0.231. The molecule has 3 heterocycles. The molecule has 2 aromatic carbocycles. The Hall–Kier alpha value is -4.23. The van der Waals surface area contributed by atoms with Gasteiger partial charge in [-0.15, -0.1) is 0 Å². The third-order valence-electron chi connectivity index (χ3n) is 6.15. The standard InChI is InChI=1S/C26H20F3N5O2/c1-13-6-14(4-5-31-13)18-8-16(30-2)9-19-23(18)33-25(22-7-15(27)12-32-22)34(26(19)35)17-10-20(28)24(36-3)21(29)11-17/h4-6,8-11,15,22,32H,7,12H2,1,3H3/t15-,22?/m0/s1. The third kappa shape index (κ3) is 3.97. The summed E-state index contributed by atoms with van der Waals surface area (Å²) in [6.07, 6.45) is 0.466. The van der Waals surface area contributed by atoms with Crippen LogP contribution in [0.5, 0.6) is 5.75 Å². The number of nitrogens with one attached hydrogen (secondary N) is 1. The molecule has 1 saturated heterocycles. The Balaban J connectivity index is 1.88. The van der Waals surface area contributed by atoms with Gasteiger partial charge in [0.2, 0.25) is 0 Å². The monoisotopic (exact) mass is 491 g/mol. The lowest BCUT2D eigenvalue weighted by atomic mass is 10.0. The van der Waals surface area contributed by atoms with Crippen LogP contribution >= 0.6 is 0 Å². The Morgan fingerprint density at radius 3 is 2.56 bits per heavy atom. The van der Waals surface area contributed by atoms with Gasteiger partial charge < -0.3 is 10.1 Å². The van der Waals surface area contributed by atoms with Crippen LogP contribution in [0.1, 0.15) is 24.0 Å². The van der Waals surface area contributed by atoms with Crippen molar-refractivity contribution in [3.05, 3.63) is 87.5 Å². The van der Waals surface area contributed by atoms with E-state index >= 15 is 0 Å². The topological polar surface area (TPSA) is 73.4 Å². The van der Waals surface area contributed by atoms with Crippen LogP contribution in [0.15, 0.2) is 47.4 Å². The Morgan fingerprint density at radius 1 is 1.19 bits per heavy atom. The van der Waals surface area contributed by atoms with Gasteiger partial charge in [0.05, 0.1) is 36.3 Å². The zero-order valence-electron chi connectivity index (χ0n) is 19.3. The number of halogens is 3. The lowest BCUT2D eigenvalue weighted by Crippen LogP contribution is -2.29. The smallest absolute Gasteiger partial charge is 0.264 e. The molecule has 0 radical (unpaired) electrons. The van der Waals surface area contributed by atoms with Gasteiger partial charge in [-0.05, 0) is 42.3 Å². The molecule has 4 aromatic rings. The highest BCUT2D eigenvalue weighted by Gasteiger charge is 2.31. The average molecular weight is 491 g/mol. The summed E-state index contributed by atoms with van der Waals surface area (Å²) in [4.78, 5) is 26.3. The summed E-state index contributed by atoms with van der Waals surface area (Å²) in [6.45, 7) is 9.39. The first-order valence-corrected chi connectivity index (χ1v) is 11.1. The second-order valence-electron chi connectivity index (χ2n) is 8.53. The summed E-state index contributed by atoms with van der Waals surface area (Å²) >= 11 is 0. The molecule has 36 heavy (non-hydrogen) atoms. The van der Waals surface area contributed by atoms with E-state index in [9.17, 15) is 18.0 Å². The Bertz CT molecular complexity index is 1590. The molecule has 0 amide bonds. The van der Waals surface area contributed by atoms with Gasteiger partial charge in [-0.3, -0.25) is 14.3 Å². The van der Waals surface area contributed by atoms with Crippen molar-refractivity contribution in [2.24, 2.45) is 0 Å². The maximum atomic E-state index is 14.6. The summed E-state index contributed by atoms with van der Waals surface area (Å²) < 4.78 is 49.3. The van der Waals surface area contributed by atoms with E-state index in [2.05, 4.69) is 15.1 Å². The largest absolute Gasteiger partial charge is 0.491 e. The molecule has 5 rings (SSSR count). The molecule has 1 aliphatic heterocycles. The molecule has 0 spiro atoms. The molecule has 2 atom stereocenters. The predicted molar refractivity (Wildman–Crippen MR) is 128 cm³/mol. The summed E-state index contributed by atoms with van der Waals surface area (Å²) in [5.41, 5.74) is 1.67. The zero-order valence-corrected chi connectivity index (χ0v) is 19.3. The minimum absolute atomic E-state index is 0.0307. The van der Waals surface area contributed by atoms with Crippen LogP contribution in [0.2, 0.25) is 0 Å². The number of alkyl halides is 1. The molecule has 0 aliphatic carbocycles. The van der Waals surface area contributed by atoms with Crippen molar-refractivity contribution < 1.29 is 17.9 Å². The van der Waals surface area contributed by atoms with E-state index in [1.54, 1.807) is 24.4 Å². The maximum Gasteiger partial charge on any atom is 0.264 e. The van der Waals surface area contributed by atoms with Crippen molar-refractivity contribution in [1.29, 1.82) is 0 Å². The minimum Gasteiger partial charge on any atom is -0.491 e. The molecule has 2 aromatic heterocycles. The van der Waals surface area contributed by atoms with Crippen molar-refractivity contribution in [3.63, 3.8) is 0 Å². The molecule has 1 fully saturated rings. The fourth-order valence-electron chi connectivity index (χ4n) is 4.53. The molecule has 182 valence electrons. The third-order valence-corrected chi connectivity index (χ3v) is 6.15. The molecule has 1 unspecified atom stereocenters. The van der Waals surface area contributed by atoms with Crippen molar-refractivity contribution in [2.75, 3.05) is 13.7 Å². The van der Waals surface area contributed by atoms with Gasteiger partial charge in [0.1, 0.15) is 12.0 Å². The molecule has 7 nitrogen and oxygen atoms in total. The highest BCUT2D eigenvalue weighted by atomic mass is 19.1. The fourth-order valence-corrected chi connectivity index (χ4v) is 4.53. The van der Waals surface area contributed by atoms with Crippen molar-refractivity contribution in [3.8, 4) is 22.6 Å². The number of aromatic nitrogens is 3. The SMILES string of the molecule is [C-]#[N+]c1cc(-c2ccnc(C)c2)c2nc(C3C[C@H](F)CN3)n(-c3cc(F)c(OC)c(F)c3)c(=O)c2c1. The Morgan fingerprint density at radius 2 is 1.94 bits per heavy atom. The van der Waals surface area contributed by atoms with Gasteiger partial charge in [-0.2, -0.15) is 0 Å². The quantitative estimate of drug-likeness (QED) is 0.409. The highest BCUT2D eigenvalue weighted by Crippen LogP contribution is 2.34. The molecule has 0 saturated carbocycles. The number of hydrogen-bond acceptors (Lipinski definition) is 5. The molecule has 0 bridgehead atoms. The number of benzene rings is 2. The van der Waals surface area contributed by atoms with Crippen LogP contribution in [0.3, 0.4) is 0 Å². The van der Waals surface area contributed by atoms with E-state index < -0.39 is 35.2 Å². The molecular weight excluding hydrogens is 471 g/mol. The molecule has 1 N–H and O–H groups in total. The van der Waals surface area contributed by atoms with Gasteiger partial charge in [0.25, 0.3) is 5.56 Å². The van der Waals surface area contributed by atoms with Crippen LogP contribution in [0.4, 0.5) is 18.9 Å². The number of nitrogens with zero attached hydrogens (tertiary/aromatic N) is 4. The van der Waals surface area contributed by atoms with Crippen LogP contribution in [-0.2, 0) is 0 Å². The Kier molecular flexibility index (Phi) is 5.94. The first kappa shape index (κ1) is 23.5. The van der Waals surface area contributed by atoms with E-state index in [0.29, 0.717) is 16.6 Å². The van der Waals surface area contributed by atoms with Gasteiger partial charge in [0, 0.05) is 37.0 Å². The van der Waals surface area contributed by atoms with Crippen molar-refractivity contribution in [2.45, 2.75) is 25.6 Å². The lowest BCUT2D eigenvalue weighted by molar-refractivity contribution is 0.354. The Labute approximate surface area is 204 Å². The minimum atomic E-state index is -1.17. The van der Waals surface area contributed by atoms with E-state index in [-0.39, 0.29) is 35.6 Å². The second kappa shape index (κ2) is 9.09. The number of hydrogen-bond donors (Lipinski definition) is 1. The number of methoxy groups -OCH3 is 1. The van der Waals surface area contributed by atoms with E-state index in [0.717, 1.165) is 29.5 Å². The average Bonchev–Trinajstić information content (AvgIpc) is 3.29. The molecular formula is C26H20F3N5O2. The number of pyridine rings is 1. The van der Waals surface area contributed by atoms with E-state index in [1.165, 1.54) is 6.07 Å². The zero-order chi connectivity index (χ0) is 25.6. The van der Waals surface area contributed by atoms with Gasteiger partial charge in [0.15, 0.2) is 23.1 Å².